The SMILES string of the molecule is C=C1NC(=O)N[C@@H](c2ccc(OC)c(OC)c2)[C@H]1C(=O)OCCOCC. The van der Waals surface area contributed by atoms with Crippen LogP contribution in [0.25, 0.3) is 0 Å². The van der Waals surface area contributed by atoms with E-state index in [1.54, 1.807) is 18.2 Å². The lowest BCUT2D eigenvalue weighted by atomic mass is 9.89. The quantitative estimate of drug-likeness (QED) is 0.539. The Labute approximate surface area is 152 Å². The lowest BCUT2D eigenvalue weighted by Gasteiger charge is -2.33. The van der Waals surface area contributed by atoms with E-state index < -0.39 is 24.0 Å². The van der Waals surface area contributed by atoms with Gasteiger partial charge in [-0.15, -0.1) is 0 Å². The molecule has 1 aliphatic rings. The first-order valence-corrected chi connectivity index (χ1v) is 8.24. The number of benzene rings is 1. The highest BCUT2D eigenvalue weighted by Gasteiger charge is 2.39. The molecule has 1 aromatic rings. The number of rotatable bonds is 8. The van der Waals surface area contributed by atoms with Crippen molar-refractivity contribution in [3.63, 3.8) is 0 Å². The summed E-state index contributed by atoms with van der Waals surface area (Å²) in [5.74, 6) is -0.243. The molecule has 26 heavy (non-hydrogen) atoms. The van der Waals surface area contributed by atoms with E-state index in [9.17, 15) is 9.59 Å². The van der Waals surface area contributed by atoms with E-state index in [0.717, 1.165) is 0 Å². The van der Waals surface area contributed by atoms with Crippen molar-refractivity contribution in [2.24, 2.45) is 5.92 Å². The minimum absolute atomic E-state index is 0.128. The van der Waals surface area contributed by atoms with Crippen molar-refractivity contribution in [2.75, 3.05) is 34.0 Å². The Hall–Kier alpha value is -2.74. The number of amides is 2. The normalized spacial score (nSPS) is 19.3. The Morgan fingerprint density at radius 3 is 2.58 bits per heavy atom. The molecule has 0 aromatic heterocycles. The molecule has 8 heteroatoms. The van der Waals surface area contributed by atoms with Crippen LogP contribution in [0.15, 0.2) is 30.5 Å². The molecule has 1 saturated heterocycles. The highest BCUT2D eigenvalue weighted by molar-refractivity contribution is 5.85. The molecule has 1 fully saturated rings. The molecule has 8 nitrogen and oxygen atoms in total. The summed E-state index contributed by atoms with van der Waals surface area (Å²) in [6, 6.07) is 4.10. The number of methoxy groups -OCH3 is 2. The van der Waals surface area contributed by atoms with E-state index >= 15 is 0 Å². The van der Waals surface area contributed by atoms with Gasteiger partial charge in [0.2, 0.25) is 0 Å². The fraction of sp³-hybridized carbons (Fsp3) is 0.444. The molecule has 0 saturated carbocycles. The number of esters is 1. The molecule has 2 atom stereocenters. The molecule has 0 unspecified atom stereocenters. The van der Waals surface area contributed by atoms with Crippen LogP contribution in [0.4, 0.5) is 4.79 Å². The number of carbonyl (C=O) groups is 2. The number of urea groups is 1. The summed E-state index contributed by atoms with van der Waals surface area (Å²) < 4.78 is 21.0. The second-order valence-corrected chi connectivity index (χ2v) is 5.56. The van der Waals surface area contributed by atoms with Gasteiger partial charge in [-0.1, -0.05) is 12.6 Å². The van der Waals surface area contributed by atoms with Gasteiger partial charge in [-0.05, 0) is 24.6 Å². The third-order valence-corrected chi connectivity index (χ3v) is 3.97. The maximum absolute atomic E-state index is 12.6. The van der Waals surface area contributed by atoms with E-state index in [1.165, 1.54) is 14.2 Å². The summed E-state index contributed by atoms with van der Waals surface area (Å²) in [5.41, 5.74) is 0.945. The number of carbonyl (C=O) groups excluding carboxylic acids is 2. The molecule has 1 aromatic carbocycles. The molecule has 2 N–H and O–H groups in total. The van der Waals surface area contributed by atoms with E-state index in [0.29, 0.717) is 30.3 Å². The van der Waals surface area contributed by atoms with E-state index in [-0.39, 0.29) is 12.3 Å². The molecule has 1 heterocycles. The van der Waals surface area contributed by atoms with Crippen LogP contribution in [-0.4, -0.2) is 46.0 Å². The Kier molecular flexibility index (Phi) is 6.85. The van der Waals surface area contributed by atoms with Crippen LogP contribution in [0.1, 0.15) is 18.5 Å². The summed E-state index contributed by atoms with van der Waals surface area (Å²) in [7, 11) is 3.05. The van der Waals surface area contributed by atoms with Crippen LogP contribution in [0.2, 0.25) is 0 Å². The number of hydrogen-bond donors (Lipinski definition) is 2. The standard InChI is InChI=1S/C18H24N2O6/c1-5-25-8-9-26-17(21)15-11(2)19-18(22)20-16(15)12-6-7-13(23-3)14(10-12)24-4/h6-7,10,15-16H,2,5,8-9H2,1,3-4H3,(H2,19,20,22)/t15-,16-/m0/s1. The third kappa shape index (κ3) is 4.45. The maximum Gasteiger partial charge on any atom is 0.319 e. The highest BCUT2D eigenvalue weighted by Crippen LogP contribution is 2.35. The summed E-state index contributed by atoms with van der Waals surface area (Å²) in [6.45, 7) is 6.64. The Morgan fingerprint density at radius 1 is 1.19 bits per heavy atom. The van der Waals surface area contributed by atoms with Gasteiger partial charge in [-0.2, -0.15) is 0 Å². The van der Waals surface area contributed by atoms with Gasteiger partial charge in [0.15, 0.2) is 11.5 Å². The van der Waals surface area contributed by atoms with Crippen molar-refractivity contribution in [3.05, 3.63) is 36.0 Å². The second-order valence-electron chi connectivity index (χ2n) is 5.56. The highest BCUT2D eigenvalue weighted by atomic mass is 16.6. The summed E-state index contributed by atoms with van der Waals surface area (Å²) in [6.07, 6.45) is 0. The predicted molar refractivity (Wildman–Crippen MR) is 94.0 cm³/mol. The van der Waals surface area contributed by atoms with Gasteiger partial charge in [0.1, 0.15) is 12.5 Å². The van der Waals surface area contributed by atoms with E-state index in [2.05, 4.69) is 17.2 Å². The molecule has 0 spiro atoms. The zero-order chi connectivity index (χ0) is 19.1. The van der Waals surface area contributed by atoms with Gasteiger partial charge in [0.25, 0.3) is 0 Å². The van der Waals surface area contributed by atoms with Gasteiger partial charge in [0.05, 0.1) is 26.9 Å². The Morgan fingerprint density at radius 2 is 1.92 bits per heavy atom. The first kappa shape index (κ1) is 19.6. The first-order chi connectivity index (χ1) is 12.5. The van der Waals surface area contributed by atoms with Crippen molar-refractivity contribution >= 4 is 12.0 Å². The van der Waals surface area contributed by atoms with Crippen LogP contribution in [-0.2, 0) is 14.3 Å². The zero-order valence-corrected chi connectivity index (χ0v) is 15.2. The second kappa shape index (κ2) is 9.10. The first-order valence-electron chi connectivity index (χ1n) is 8.24. The van der Waals surface area contributed by atoms with Gasteiger partial charge in [0, 0.05) is 12.3 Å². The topological polar surface area (TPSA) is 95.1 Å². The fourth-order valence-electron chi connectivity index (χ4n) is 2.72. The summed E-state index contributed by atoms with van der Waals surface area (Å²) >= 11 is 0. The minimum atomic E-state index is -0.785. The molecular formula is C18H24N2O6. The van der Waals surface area contributed by atoms with Crippen molar-refractivity contribution in [1.29, 1.82) is 0 Å². The number of nitrogens with one attached hydrogen (secondary N) is 2. The largest absolute Gasteiger partial charge is 0.493 e. The lowest BCUT2D eigenvalue weighted by molar-refractivity contribution is -0.150. The molecule has 2 amide bonds. The number of ether oxygens (including phenoxy) is 4. The van der Waals surface area contributed by atoms with Crippen LogP contribution in [0, 0.1) is 5.92 Å². The fourth-order valence-corrected chi connectivity index (χ4v) is 2.72. The smallest absolute Gasteiger partial charge is 0.319 e. The van der Waals surface area contributed by atoms with Crippen molar-refractivity contribution in [1.82, 2.24) is 10.6 Å². The Bertz CT molecular complexity index is 676. The van der Waals surface area contributed by atoms with Crippen LogP contribution >= 0.6 is 0 Å². The van der Waals surface area contributed by atoms with E-state index in [1.807, 2.05) is 6.92 Å². The van der Waals surface area contributed by atoms with Crippen LogP contribution in [0.5, 0.6) is 11.5 Å². The molecule has 0 radical (unpaired) electrons. The average Bonchev–Trinajstić information content (AvgIpc) is 2.63. The van der Waals surface area contributed by atoms with Gasteiger partial charge in [-0.3, -0.25) is 4.79 Å². The van der Waals surface area contributed by atoms with Gasteiger partial charge >= 0.3 is 12.0 Å². The van der Waals surface area contributed by atoms with E-state index in [4.69, 9.17) is 18.9 Å². The van der Waals surface area contributed by atoms with Crippen LogP contribution < -0.4 is 20.1 Å². The summed E-state index contributed by atoms with van der Waals surface area (Å²) in [5, 5.41) is 5.28. The molecule has 0 bridgehead atoms. The molecule has 1 aliphatic heterocycles. The van der Waals surface area contributed by atoms with Gasteiger partial charge < -0.3 is 29.6 Å². The monoisotopic (exact) mass is 364 g/mol. The molecule has 0 aliphatic carbocycles. The number of hydrogen-bond acceptors (Lipinski definition) is 6. The average molecular weight is 364 g/mol. The maximum atomic E-state index is 12.6. The Balaban J connectivity index is 2.25. The lowest BCUT2D eigenvalue weighted by Crippen LogP contribution is -2.51. The van der Waals surface area contributed by atoms with Crippen LogP contribution in [0.3, 0.4) is 0 Å². The van der Waals surface area contributed by atoms with Crippen molar-refractivity contribution < 1.29 is 28.5 Å². The van der Waals surface area contributed by atoms with Crippen molar-refractivity contribution in [2.45, 2.75) is 13.0 Å². The molecular weight excluding hydrogens is 340 g/mol. The van der Waals surface area contributed by atoms with Crippen molar-refractivity contribution in [3.8, 4) is 11.5 Å². The summed E-state index contributed by atoms with van der Waals surface area (Å²) in [4.78, 5) is 24.4. The third-order valence-electron chi connectivity index (χ3n) is 3.97. The molecule has 142 valence electrons. The predicted octanol–water partition coefficient (Wildman–Crippen LogP) is 1.77. The zero-order valence-electron chi connectivity index (χ0n) is 15.2. The molecule has 2 rings (SSSR count). The minimum Gasteiger partial charge on any atom is -0.493 e. The van der Waals surface area contributed by atoms with Gasteiger partial charge in [-0.25, -0.2) is 4.79 Å².